The van der Waals surface area contributed by atoms with Crippen molar-refractivity contribution in [3.05, 3.63) is 24.4 Å². The van der Waals surface area contributed by atoms with Gasteiger partial charge in [0.05, 0.1) is 0 Å². The molecule has 0 atom stereocenters. The molecule has 58 valence electrons. The fraction of sp³-hybridized carbons (Fsp3) is 0.143. The Kier molecular flexibility index (Phi) is 2.43. The summed E-state index contributed by atoms with van der Waals surface area (Å²) in [4.78, 5) is 14.0. The number of carboxylic acid groups (broad SMARTS) is 1. The Morgan fingerprint density at radius 1 is 1.64 bits per heavy atom. The Morgan fingerprint density at radius 3 is 3.00 bits per heavy atom. The third kappa shape index (κ3) is 2.66. The molecule has 0 unspecified atom stereocenters. The minimum absolute atomic E-state index is 0.100. The van der Waals surface area contributed by atoms with Crippen LogP contribution in [0.2, 0.25) is 0 Å². The Bertz CT molecular complexity index is 235. The van der Waals surface area contributed by atoms with Gasteiger partial charge in [-0.3, -0.25) is 4.79 Å². The number of carbonyl (C=O) groups is 1. The molecular formula is C7H8N2O2. The van der Waals surface area contributed by atoms with E-state index in [4.69, 9.17) is 5.11 Å². The van der Waals surface area contributed by atoms with Gasteiger partial charge in [0.2, 0.25) is 0 Å². The summed E-state index contributed by atoms with van der Waals surface area (Å²) in [5.41, 5.74) is 0. The first-order valence-corrected chi connectivity index (χ1v) is 3.16. The first-order chi connectivity index (χ1) is 5.29. The zero-order chi connectivity index (χ0) is 8.10. The van der Waals surface area contributed by atoms with Gasteiger partial charge in [-0.15, -0.1) is 0 Å². The van der Waals surface area contributed by atoms with Crippen molar-refractivity contribution in [1.82, 2.24) is 4.98 Å². The predicted molar refractivity (Wildman–Crippen MR) is 40.4 cm³/mol. The van der Waals surface area contributed by atoms with E-state index in [9.17, 15) is 4.79 Å². The SMILES string of the molecule is O=C(O)CNc1ccccn1. The highest BCUT2D eigenvalue weighted by Gasteiger charge is 1.95. The summed E-state index contributed by atoms with van der Waals surface area (Å²) in [5, 5.41) is 10.9. The van der Waals surface area contributed by atoms with Crippen molar-refractivity contribution < 1.29 is 9.90 Å². The van der Waals surface area contributed by atoms with Crippen molar-refractivity contribution in [3.63, 3.8) is 0 Å². The van der Waals surface area contributed by atoms with Gasteiger partial charge >= 0.3 is 5.97 Å². The first-order valence-electron chi connectivity index (χ1n) is 3.16. The molecule has 0 saturated carbocycles. The molecule has 0 aliphatic heterocycles. The van der Waals surface area contributed by atoms with E-state index in [1.807, 2.05) is 0 Å². The zero-order valence-electron chi connectivity index (χ0n) is 5.82. The van der Waals surface area contributed by atoms with Gasteiger partial charge in [0.1, 0.15) is 12.4 Å². The van der Waals surface area contributed by atoms with Gasteiger partial charge in [0.15, 0.2) is 0 Å². The second-order valence-electron chi connectivity index (χ2n) is 1.96. The number of carboxylic acids is 1. The van der Waals surface area contributed by atoms with Crippen LogP contribution in [0.3, 0.4) is 0 Å². The van der Waals surface area contributed by atoms with E-state index >= 15 is 0 Å². The van der Waals surface area contributed by atoms with Gasteiger partial charge in [-0.05, 0) is 12.1 Å². The largest absolute Gasteiger partial charge is 0.480 e. The van der Waals surface area contributed by atoms with E-state index in [1.165, 1.54) is 0 Å². The molecule has 1 heterocycles. The zero-order valence-corrected chi connectivity index (χ0v) is 5.82. The molecule has 0 aromatic carbocycles. The summed E-state index contributed by atoms with van der Waals surface area (Å²) < 4.78 is 0. The fourth-order valence-corrected chi connectivity index (χ4v) is 0.634. The highest BCUT2D eigenvalue weighted by molar-refractivity contribution is 5.72. The van der Waals surface area contributed by atoms with E-state index < -0.39 is 5.97 Å². The second kappa shape index (κ2) is 3.55. The molecule has 0 radical (unpaired) electrons. The molecule has 1 rings (SSSR count). The van der Waals surface area contributed by atoms with E-state index in [0.29, 0.717) is 5.82 Å². The van der Waals surface area contributed by atoms with Crippen LogP contribution in [0.1, 0.15) is 0 Å². The summed E-state index contributed by atoms with van der Waals surface area (Å²) in [6.45, 7) is -0.100. The van der Waals surface area contributed by atoms with Crippen LogP contribution < -0.4 is 5.32 Å². The average Bonchev–Trinajstić information content (AvgIpc) is 2.03. The van der Waals surface area contributed by atoms with Crippen LogP contribution in [0, 0.1) is 0 Å². The summed E-state index contributed by atoms with van der Waals surface area (Å²) in [5.74, 6) is -0.314. The Morgan fingerprint density at radius 2 is 2.45 bits per heavy atom. The number of hydrogen-bond donors (Lipinski definition) is 2. The minimum atomic E-state index is -0.893. The van der Waals surface area contributed by atoms with Gasteiger partial charge < -0.3 is 10.4 Å². The molecule has 1 aromatic rings. The number of anilines is 1. The number of hydrogen-bond acceptors (Lipinski definition) is 3. The van der Waals surface area contributed by atoms with Gasteiger partial charge in [-0.1, -0.05) is 6.07 Å². The van der Waals surface area contributed by atoms with Crippen LogP contribution in [0.4, 0.5) is 5.82 Å². The van der Waals surface area contributed by atoms with Crippen LogP contribution in [-0.2, 0) is 4.79 Å². The summed E-state index contributed by atoms with van der Waals surface area (Å²) in [6.07, 6.45) is 1.60. The molecule has 0 aliphatic rings. The smallest absolute Gasteiger partial charge is 0.322 e. The van der Waals surface area contributed by atoms with Gasteiger partial charge in [0.25, 0.3) is 0 Å². The lowest BCUT2D eigenvalue weighted by atomic mass is 10.4. The van der Waals surface area contributed by atoms with Crippen LogP contribution in [0.5, 0.6) is 0 Å². The molecule has 11 heavy (non-hydrogen) atoms. The Labute approximate surface area is 63.9 Å². The molecule has 4 nitrogen and oxygen atoms in total. The number of rotatable bonds is 3. The lowest BCUT2D eigenvalue weighted by molar-refractivity contribution is -0.134. The molecule has 0 aliphatic carbocycles. The van der Waals surface area contributed by atoms with E-state index in [0.717, 1.165) is 0 Å². The number of nitrogens with zero attached hydrogens (tertiary/aromatic N) is 1. The Hall–Kier alpha value is -1.58. The van der Waals surface area contributed by atoms with Crippen LogP contribution in [0.25, 0.3) is 0 Å². The van der Waals surface area contributed by atoms with Crippen molar-refractivity contribution in [2.45, 2.75) is 0 Å². The van der Waals surface area contributed by atoms with Crippen molar-refractivity contribution in [1.29, 1.82) is 0 Å². The third-order valence-electron chi connectivity index (χ3n) is 1.09. The quantitative estimate of drug-likeness (QED) is 0.665. The monoisotopic (exact) mass is 152 g/mol. The number of pyridine rings is 1. The third-order valence-corrected chi connectivity index (χ3v) is 1.09. The average molecular weight is 152 g/mol. The molecule has 0 bridgehead atoms. The Balaban J connectivity index is 2.45. The molecule has 2 N–H and O–H groups in total. The normalized spacial score (nSPS) is 9.09. The van der Waals surface area contributed by atoms with Crippen molar-refractivity contribution in [2.24, 2.45) is 0 Å². The number of aromatic nitrogens is 1. The van der Waals surface area contributed by atoms with Crippen LogP contribution in [0.15, 0.2) is 24.4 Å². The standard InChI is InChI=1S/C7H8N2O2/c10-7(11)5-9-6-3-1-2-4-8-6/h1-4H,5H2,(H,8,9)(H,10,11). The molecule has 1 aromatic heterocycles. The number of aliphatic carboxylic acids is 1. The predicted octanol–water partition coefficient (Wildman–Crippen LogP) is 0.578. The molecule has 0 fully saturated rings. The second-order valence-corrected chi connectivity index (χ2v) is 1.96. The highest BCUT2D eigenvalue weighted by Crippen LogP contribution is 1.97. The lowest BCUT2D eigenvalue weighted by Crippen LogP contribution is -2.12. The van der Waals surface area contributed by atoms with Crippen LogP contribution >= 0.6 is 0 Å². The van der Waals surface area contributed by atoms with Crippen molar-refractivity contribution in [2.75, 3.05) is 11.9 Å². The molecule has 4 heteroatoms. The maximum absolute atomic E-state index is 10.1. The van der Waals surface area contributed by atoms with E-state index in [1.54, 1.807) is 24.4 Å². The van der Waals surface area contributed by atoms with Gasteiger partial charge in [0, 0.05) is 6.20 Å². The van der Waals surface area contributed by atoms with Crippen molar-refractivity contribution >= 4 is 11.8 Å². The van der Waals surface area contributed by atoms with Gasteiger partial charge in [-0.25, -0.2) is 4.98 Å². The molecule has 0 amide bonds. The van der Waals surface area contributed by atoms with Crippen molar-refractivity contribution in [3.8, 4) is 0 Å². The lowest BCUT2D eigenvalue weighted by Gasteiger charge is -1.99. The molecular weight excluding hydrogens is 144 g/mol. The van der Waals surface area contributed by atoms with E-state index in [2.05, 4.69) is 10.3 Å². The topological polar surface area (TPSA) is 62.2 Å². The summed E-state index contributed by atoms with van der Waals surface area (Å²) in [7, 11) is 0. The molecule has 0 spiro atoms. The van der Waals surface area contributed by atoms with E-state index in [-0.39, 0.29) is 6.54 Å². The maximum atomic E-state index is 10.1. The number of nitrogens with one attached hydrogen (secondary N) is 1. The fourth-order valence-electron chi connectivity index (χ4n) is 0.634. The minimum Gasteiger partial charge on any atom is -0.480 e. The maximum Gasteiger partial charge on any atom is 0.322 e. The molecule has 0 saturated heterocycles. The summed E-state index contributed by atoms with van der Waals surface area (Å²) >= 11 is 0. The summed E-state index contributed by atoms with van der Waals surface area (Å²) in [6, 6.07) is 5.27. The first kappa shape index (κ1) is 7.53. The van der Waals surface area contributed by atoms with Crippen LogP contribution in [-0.4, -0.2) is 22.6 Å². The van der Waals surface area contributed by atoms with Gasteiger partial charge in [-0.2, -0.15) is 0 Å². The highest BCUT2D eigenvalue weighted by atomic mass is 16.4.